The molecule has 0 N–H and O–H groups in total. The summed E-state index contributed by atoms with van der Waals surface area (Å²) >= 11 is 0. The van der Waals surface area contributed by atoms with Crippen molar-refractivity contribution in [2.75, 3.05) is 0 Å². The number of allylic oxidation sites excluding steroid dienone is 1. The van der Waals surface area contributed by atoms with Gasteiger partial charge in [0.05, 0.1) is 23.3 Å². The molecule has 32 heavy (non-hydrogen) atoms. The first-order valence-electron chi connectivity index (χ1n) is 10.5. The highest BCUT2D eigenvalue weighted by molar-refractivity contribution is 6.07. The van der Waals surface area contributed by atoms with Crippen molar-refractivity contribution in [1.82, 2.24) is 0 Å². The van der Waals surface area contributed by atoms with Gasteiger partial charge in [0.25, 0.3) is 0 Å². The predicted molar refractivity (Wildman–Crippen MR) is 121 cm³/mol. The van der Waals surface area contributed by atoms with Crippen LogP contribution in [0, 0.1) is 17.2 Å². The maximum atomic E-state index is 13.3. The third-order valence-corrected chi connectivity index (χ3v) is 5.28. The Labute approximate surface area is 188 Å². The molecule has 1 heterocycles. The second kappa shape index (κ2) is 10.1. The van der Waals surface area contributed by atoms with Gasteiger partial charge in [-0.3, -0.25) is 9.79 Å². The molecular formula is C26H26N2O4. The number of hydrogen-bond donors (Lipinski definition) is 0. The third-order valence-electron chi connectivity index (χ3n) is 5.28. The van der Waals surface area contributed by atoms with E-state index in [2.05, 4.69) is 11.1 Å². The SMILES string of the molecule is CC1=NC(C)=C(C(=O)OCc2ccccc2)C(c2ccccc2C#N)C1C(=O)OC(C)C. The second-order valence-corrected chi connectivity index (χ2v) is 7.95. The lowest BCUT2D eigenvalue weighted by atomic mass is 9.74. The van der Waals surface area contributed by atoms with Crippen LogP contribution in [0.4, 0.5) is 0 Å². The molecule has 0 spiro atoms. The van der Waals surface area contributed by atoms with Gasteiger partial charge >= 0.3 is 11.9 Å². The Morgan fingerprint density at radius 3 is 2.38 bits per heavy atom. The molecule has 3 rings (SSSR count). The predicted octanol–water partition coefficient (Wildman–Crippen LogP) is 4.70. The van der Waals surface area contributed by atoms with Gasteiger partial charge in [0, 0.05) is 17.3 Å². The smallest absolute Gasteiger partial charge is 0.336 e. The summed E-state index contributed by atoms with van der Waals surface area (Å²) in [6.07, 6.45) is -0.331. The van der Waals surface area contributed by atoms with E-state index >= 15 is 0 Å². The van der Waals surface area contributed by atoms with Crippen LogP contribution in [0.1, 0.15) is 50.3 Å². The summed E-state index contributed by atoms with van der Waals surface area (Å²) in [7, 11) is 0. The number of carbonyl (C=O) groups is 2. The number of hydrogen-bond acceptors (Lipinski definition) is 6. The molecule has 0 saturated carbocycles. The highest BCUT2D eigenvalue weighted by atomic mass is 16.5. The summed E-state index contributed by atoms with van der Waals surface area (Å²) in [6.45, 7) is 7.08. The molecule has 0 aromatic heterocycles. The minimum atomic E-state index is -0.838. The van der Waals surface area contributed by atoms with Crippen molar-refractivity contribution in [3.05, 3.63) is 82.6 Å². The molecule has 2 aromatic rings. The quantitative estimate of drug-likeness (QED) is 0.620. The standard InChI is InChI=1S/C26H26N2O4/c1-16(2)32-26(30)23-18(4)28-17(3)22(24(23)21-13-9-8-12-20(21)14-27)25(29)31-15-19-10-6-5-7-11-19/h5-13,16,23-24H,15H2,1-4H3. The first-order valence-corrected chi connectivity index (χ1v) is 10.5. The van der Waals surface area contributed by atoms with Crippen LogP contribution < -0.4 is 0 Å². The zero-order chi connectivity index (χ0) is 23.3. The van der Waals surface area contributed by atoms with Crippen LogP contribution >= 0.6 is 0 Å². The average Bonchev–Trinajstić information content (AvgIpc) is 2.77. The summed E-state index contributed by atoms with van der Waals surface area (Å²) in [5.74, 6) is -2.63. The summed E-state index contributed by atoms with van der Waals surface area (Å²) in [6, 6.07) is 18.5. The topological polar surface area (TPSA) is 88.8 Å². The van der Waals surface area contributed by atoms with E-state index in [-0.39, 0.29) is 18.3 Å². The van der Waals surface area contributed by atoms with Crippen molar-refractivity contribution in [1.29, 1.82) is 5.26 Å². The van der Waals surface area contributed by atoms with Crippen LogP contribution in [0.15, 0.2) is 70.9 Å². The number of nitriles is 1. The number of ether oxygens (including phenoxy) is 2. The van der Waals surface area contributed by atoms with Crippen molar-refractivity contribution in [2.45, 2.75) is 46.3 Å². The van der Waals surface area contributed by atoms with Gasteiger partial charge in [-0.15, -0.1) is 0 Å². The van der Waals surface area contributed by atoms with E-state index in [1.807, 2.05) is 30.3 Å². The van der Waals surface area contributed by atoms with Gasteiger partial charge in [-0.05, 0) is 44.9 Å². The number of esters is 2. The van der Waals surface area contributed by atoms with Crippen molar-refractivity contribution >= 4 is 17.7 Å². The van der Waals surface area contributed by atoms with E-state index in [0.29, 0.717) is 22.5 Å². The van der Waals surface area contributed by atoms with E-state index in [1.54, 1.807) is 52.0 Å². The van der Waals surface area contributed by atoms with Gasteiger partial charge in [-0.25, -0.2) is 4.79 Å². The molecule has 0 saturated heterocycles. The van der Waals surface area contributed by atoms with Gasteiger partial charge in [0.2, 0.25) is 0 Å². The maximum Gasteiger partial charge on any atom is 0.336 e. The monoisotopic (exact) mass is 430 g/mol. The van der Waals surface area contributed by atoms with Gasteiger partial charge in [-0.2, -0.15) is 5.26 Å². The van der Waals surface area contributed by atoms with Crippen LogP contribution in [0.5, 0.6) is 0 Å². The van der Waals surface area contributed by atoms with Gasteiger partial charge < -0.3 is 9.47 Å². The molecule has 0 amide bonds. The zero-order valence-electron chi connectivity index (χ0n) is 18.7. The molecule has 2 atom stereocenters. The minimum absolute atomic E-state index is 0.0902. The molecule has 0 aliphatic carbocycles. The Bertz CT molecular complexity index is 1110. The van der Waals surface area contributed by atoms with Crippen LogP contribution in [-0.4, -0.2) is 23.8 Å². The Balaban J connectivity index is 2.06. The van der Waals surface area contributed by atoms with Gasteiger partial charge in [0.1, 0.15) is 12.5 Å². The molecule has 6 nitrogen and oxygen atoms in total. The Morgan fingerprint density at radius 1 is 1.06 bits per heavy atom. The average molecular weight is 431 g/mol. The molecule has 1 aliphatic heterocycles. The maximum absolute atomic E-state index is 13.3. The molecule has 0 bridgehead atoms. The van der Waals surface area contributed by atoms with Crippen LogP contribution in [0.3, 0.4) is 0 Å². The molecular weight excluding hydrogens is 404 g/mol. The highest BCUT2D eigenvalue weighted by Crippen LogP contribution is 2.41. The molecule has 0 fully saturated rings. The third kappa shape index (κ3) is 4.94. The lowest BCUT2D eigenvalue weighted by Gasteiger charge is -2.32. The minimum Gasteiger partial charge on any atom is -0.462 e. The molecule has 0 radical (unpaired) electrons. The normalized spacial score (nSPS) is 18.1. The van der Waals surface area contributed by atoms with Gasteiger partial charge in [0.15, 0.2) is 0 Å². The number of aliphatic imine (C=N–C) groups is 1. The second-order valence-electron chi connectivity index (χ2n) is 7.95. The first kappa shape index (κ1) is 23.0. The fraction of sp³-hybridized carbons (Fsp3) is 0.308. The van der Waals surface area contributed by atoms with Crippen molar-refractivity contribution < 1.29 is 19.1 Å². The summed E-state index contributed by atoms with van der Waals surface area (Å²) in [5, 5.41) is 9.70. The number of carbonyl (C=O) groups excluding carboxylic acids is 2. The van der Waals surface area contributed by atoms with E-state index in [1.165, 1.54) is 0 Å². The number of rotatable bonds is 6. The largest absolute Gasteiger partial charge is 0.462 e. The fourth-order valence-electron chi connectivity index (χ4n) is 3.92. The van der Waals surface area contributed by atoms with E-state index in [0.717, 1.165) is 5.56 Å². The van der Waals surface area contributed by atoms with E-state index in [9.17, 15) is 14.9 Å². The molecule has 164 valence electrons. The van der Waals surface area contributed by atoms with Crippen molar-refractivity contribution in [3.63, 3.8) is 0 Å². The molecule has 6 heteroatoms. The highest BCUT2D eigenvalue weighted by Gasteiger charge is 2.43. The lowest BCUT2D eigenvalue weighted by Crippen LogP contribution is -2.37. The number of benzene rings is 2. The summed E-state index contributed by atoms with van der Waals surface area (Å²) in [5.41, 5.74) is 3.06. The summed E-state index contributed by atoms with van der Waals surface area (Å²) in [4.78, 5) is 30.9. The fourth-order valence-corrected chi connectivity index (χ4v) is 3.92. The van der Waals surface area contributed by atoms with Crippen LogP contribution in [0.2, 0.25) is 0 Å². The summed E-state index contributed by atoms with van der Waals surface area (Å²) < 4.78 is 11.1. The van der Waals surface area contributed by atoms with Crippen LogP contribution in [0.25, 0.3) is 0 Å². The van der Waals surface area contributed by atoms with Crippen LogP contribution in [-0.2, 0) is 25.7 Å². The van der Waals surface area contributed by atoms with Crippen molar-refractivity contribution in [3.8, 4) is 6.07 Å². The molecule has 2 aromatic carbocycles. The zero-order valence-corrected chi connectivity index (χ0v) is 18.7. The number of nitrogens with zero attached hydrogens (tertiary/aromatic N) is 2. The Hall–Kier alpha value is -3.72. The Morgan fingerprint density at radius 2 is 1.72 bits per heavy atom. The molecule has 1 aliphatic rings. The first-order chi connectivity index (χ1) is 15.3. The lowest BCUT2D eigenvalue weighted by molar-refractivity contribution is -0.150. The van der Waals surface area contributed by atoms with Crippen molar-refractivity contribution in [2.24, 2.45) is 10.9 Å². The van der Waals surface area contributed by atoms with Gasteiger partial charge in [-0.1, -0.05) is 48.5 Å². The molecule has 2 unspecified atom stereocenters. The Kier molecular flexibility index (Phi) is 7.21. The van der Waals surface area contributed by atoms with E-state index in [4.69, 9.17) is 9.47 Å². The van der Waals surface area contributed by atoms with E-state index < -0.39 is 23.8 Å².